The second-order valence-corrected chi connectivity index (χ2v) is 4.52. The van der Waals surface area contributed by atoms with E-state index in [4.69, 9.17) is 10.2 Å². The summed E-state index contributed by atoms with van der Waals surface area (Å²) in [6, 6.07) is 0. The minimum absolute atomic E-state index is 0. The maximum Gasteiger partial charge on any atom is 1.00 e. The zero-order valence-corrected chi connectivity index (χ0v) is 13.2. The molecule has 84 valence electrons. The molecule has 4 nitrogen and oxygen atoms in total. The van der Waals surface area contributed by atoms with Gasteiger partial charge in [-0.2, -0.15) is 0 Å². The zero-order valence-electron chi connectivity index (χ0n) is 11.1. The van der Waals surface area contributed by atoms with Gasteiger partial charge >= 0.3 is 63.3 Å². The van der Waals surface area contributed by atoms with E-state index in [1.807, 2.05) is 0 Å². The molecule has 0 aliphatic rings. The number of hydrogen-bond donors (Lipinski definition) is 2. The molecule has 0 heterocycles. The van der Waals surface area contributed by atoms with Crippen molar-refractivity contribution in [1.29, 1.82) is 0 Å². The molecule has 5 heteroatoms. The molecule has 0 aromatic carbocycles. The first-order chi connectivity index (χ1) is 6.20. The number of rotatable bonds is 4. The Morgan fingerprint density at radius 3 is 1.53 bits per heavy atom. The Balaban J connectivity index is -0.000000845. The minimum Gasteiger partial charge on any atom is -1.00 e. The zero-order chi connectivity index (χ0) is 11.6. The van der Waals surface area contributed by atoms with E-state index in [2.05, 4.69) is 0 Å². The van der Waals surface area contributed by atoms with Gasteiger partial charge in [-0.1, -0.05) is 34.1 Å². The van der Waals surface area contributed by atoms with E-state index >= 15 is 0 Å². The molecule has 0 spiro atoms. The van der Waals surface area contributed by atoms with Crippen LogP contribution in [0.1, 0.15) is 42.0 Å². The smallest absolute Gasteiger partial charge is 1.00 e. The maximum atomic E-state index is 11.1. The fraction of sp³-hybridized carbons (Fsp3) is 0.800. The Bertz CT molecular complexity index is 234. The molecule has 0 radical (unpaired) electrons. The van der Waals surface area contributed by atoms with Gasteiger partial charge in [0.1, 0.15) is 0 Å². The molecule has 0 fully saturated rings. The normalized spacial score (nSPS) is 11.7. The van der Waals surface area contributed by atoms with Crippen molar-refractivity contribution in [2.24, 2.45) is 10.8 Å². The Hall–Kier alpha value is 0.576. The molecule has 15 heavy (non-hydrogen) atoms. The Morgan fingerprint density at radius 1 is 1.13 bits per heavy atom. The van der Waals surface area contributed by atoms with E-state index in [1.165, 1.54) is 0 Å². The number of hydrogen-bond acceptors (Lipinski definition) is 2. The summed E-state index contributed by atoms with van der Waals surface area (Å²) in [6.45, 7) is 6.72. The van der Waals surface area contributed by atoms with Gasteiger partial charge in [0.15, 0.2) is 5.41 Å². The van der Waals surface area contributed by atoms with Crippen LogP contribution in [0.25, 0.3) is 0 Å². The van der Waals surface area contributed by atoms with Crippen LogP contribution in [-0.2, 0) is 9.59 Å². The van der Waals surface area contributed by atoms with Gasteiger partial charge in [-0.3, -0.25) is 9.59 Å². The third-order valence-electron chi connectivity index (χ3n) is 2.64. The van der Waals surface area contributed by atoms with Crippen LogP contribution in [0.15, 0.2) is 0 Å². The van der Waals surface area contributed by atoms with E-state index in [1.54, 1.807) is 27.7 Å². The molecule has 0 amide bonds. The number of carboxylic acids is 2. The van der Waals surface area contributed by atoms with Gasteiger partial charge in [-0.05, 0) is 11.8 Å². The van der Waals surface area contributed by atoms with Crippen LogP contribution in [0.2, 0.25) is 0 Å². The second-order valence-electron chi connectivity index (χ2n) is 4.52. The average Bonchev–Trinajstić information content (AvgIpc) is 1.95. The maximum absolute atomic E-state index is 11.1. The summed E-state index contributed by atoms with van der Waals surface area (Å²) in [5.41, 5.74) is -2.47. The van der Waals surface area contributed by atoms with Gasteiger partial charge < -0.3 is 11.6 Å². The SMILES string of the molecule is CCCC(C(=O)O)(C(=O)O)C(C)(C)C.[H-].[K+]. The van der Waals surface area contributed by atoms with Crippen LogP contribution in [0.3, 0.4) is 0 Å². The van der Waals surface area contributed by atoms with Gasteiger partial charge in [-0.15, -0.1) is 0 Å². The van der Waals surface area contributed by atoms with Crippen LogP contribution >= 0.6 is 0 Å². The van der Waals surface area contributed by atoms with E-state index in [-0.39, 0.29) is 59.2 Å². The van der Waals surface area contributed by atoms with E-state index in [0.717, 1.165) is 0 Å². The topological polar surface area (TPSA) is 74.6 Å². The molecular weight excluding hydrogens is 223 g/mol. The van der Waals surface area contributed by atoms with Crippen molar-refractivity contribution < 1.29 is 72.6 Å². The molecule has 0 aliphatic heterocycles. The van der Waals surface area contributed by atoms with Crippen LogP contribution in [-0.4, -0.2) is 22.2 Å². The summed E-state index contributed by atoms with van der Waals surface area (Å²) in [4.78, 5) is 22.2. The Labute approximate surface area is 134 Å². The Kier molecular flexibility index (Phi) is 7.60. The third-order valence-corrected chi connectivity index (χ3v) is 2.64. The standard InChI is InChI=1S/C10H18O4.K.H/c1-5-6-10(7(11)12,8(13)14)9(2,3)4;;/h5-6H2,1-4H3,(H,11,12)(H,13,14);;/q;+1;-1. The quantitative estimate of drug-likeness (QED) is 0.495. The summed E-state index contributed by atoms with van der Waals surface area (Å²) in [6.07, 6.45) is 0.692. The molecule has 0 aliphatic carbocycles. The average molecular weight is 242 g/mol. The monoisotopic (exact) mass is 242 g/mol. The van der Waals surface area contributed by atoms with Crippen molar-refractivity contribution in [2.45, 2.75) is 40.5 Å². The Morgan fingerprint density at radius 2 is 1.47 bits per heavy atom. The molecule has 0 aromatic heterocycles. The van der Waals surface area contributed by atoms with Crippen molar-refractivity contribution in [1.82, 2.24) is 0 Å². The fourth-order valence-electron chi connectivity index (χ4n) is 1.70. The van der Waals surface area contributed by atoms with E-state index in [9.17, 15) is 9.59 Å². The predicted octanol–water partition coefficient (Wildman–Crippen LogP) is -0.895. The van der Waals surface area contributed by atoms with Crippen LogP contribution in [0, 0.1) is 10.8 Å². The summed E-state index contributed by atoms with van der Waals surface area (Å²) in [7, 11) is 0. The molecule has 0 rings (SSSR count). The molecular formula is C10H19KO4. The second kappa shape index (κ2) is 6.35. The summed E-state index contributed by atoms with van der Waals surface area (Å²) >= 11 is 0. The molecule has 0 unspecified atom stereocenters. The van der Waals surface area contributed by atoms with Crippen LogP contribution < -0.4 is 51.4 Å². The molecule has 0 bridgehead atoms. The van der Waals surface area contributed by atoms with Crippen molar-refractivity contribution in [2.75, 3.05) is 0 Å². The van der Waals surface area contributed by atoms with Gasteiger partial charge in [0.2, 0.25) is 0 Å². The van der Waals surface area contributed by atoms with Crippen molar-refractivity contribution in [3.63, 3.8) is 0 Å². The third kappa shape index (κ3) is 3.52. The van der Waals surface area contributed by atoms with E-state index in [0.29, 0.717) is 6.42 Å². The molecule has 0 saturated carbocycles. The summed E-state index contributed by atoms with van der Waals surface area (Å²) < 4.78 is 0. The van der Waals surface area contributed by atoms with Gasteiger partial charge in [0.05, 0.1) is 0 Å². The first-order valence-corrected chi connectivity index (χ1v) is 4.67. The molecule has 0 aromatic rings. The molecule has 2 N–H and O–H groups in total. The van der Waals surface area contributed by atoms with Crippen LogP contribution in [0.4, 0.5) is 0 Å². The summed E-state index contributed by atoms with van der Waals surface area (Å²) in [5, 5.41) is 18.2. The van der Waals surface area contributed by atoms with Crippen molar-refractivity contribution in [3.05, 3.63) is 0 Å². The van der Waals surface area contributed by atoms with Gasteiger partial charge in [0, 0.05) is 0 Å². The van der Waals surface area contributed by atoms with Crippen LogP contribution in [0.5, 0.6) is 0 Å². The predicted molar refractivity (Wildman–Crippen MR) is 53.2 cm³/mol. The number of carboxylic acid groups (broad SMARTS) is 2. The van der Waals surface area contributed by atoms with E-state index < -0.39 is 22.8 Å². The number of aliphatic carboxylic acids is 2. The minimum atomic E-state index is -1.68. The largest absolute Gasteiger partial charge is 1.00 e. The van der Waals surface area contributed by atoms with Crippen molar-refractivity contribution >= 4 is 11.9 Å². The van der Waals surface area contributed by atoms with Gasteiger partial charge in [0.25, 0.3) is 0 Å². The first kappa shape index (κ1) is 18.0. The molecule has 0 atom stereocenters. The van der Waals surface area contributed by atoms with Gasteiger partial charge in [-0.25, -0.2) is 0 Å². The fourth-order valence-corrected chi connectivity index (χ4v) is 1.70. The summed E-state index contributed by atoms with van der Waals surface area (Å²) in [5.74, 6) is -2.50. The first-order valence-electron chi connectivity index (χ1n) is 4.67. The number of carbonyl (C=O) groups is 2. The molecule has 0 saturated heterocycles. The van der Waals surface area contributed by atoms with Crippen molar-refractivity contribution in [3.8, 4) is 0 Å².